The van der Waals surface area contributed by atoms with Crippen molar-refractivity contribution in [3.63, 3.8) is 0 Å². The lowest BCUT2D eigenvalue weighted by molar-refractivity contribution is 0.416. The summed E-state index contributed by atoms with van der Waals surface area (Å²) in [5, 5.41) is 12.0. The van der Waals surface area contributed by atoms with Crippen LogP contribution >= 0.6 is 0 Å². The van der Waals surface area contributed by atoms with E-state index in [1.807, 2.05) is 49.4 Å². The number of sulfone groups is 1. The van der Waals surface area contributed by atoms with Crippen LogP contribution < -0.4 is 10.1 Å². The Morgan fingerprint density at radius 2 is 1.72 bits per heavy atom. The van der Waals surface area contributed by atoms with Gasteiger partial charge in [0.2, 0.25) is 14.9 Å². The van der Waals surface area contributed by atoms with E-state index in [1.165, 1.54) is 16.6 Å². The first-order valence-electron chi connectivity index (χ1n) is 9.85. The molecule has 160 valence electrons. The Kier molecular flexibility index (Phi) is 4.75. The van der Waals surface area contributed by atoms with Gasteiger partial charge in [-0.05, 0) is 48.9 Å². The largest absolute Gasteiger partial charge is 0.495 e. The fourth-order valence-corrected chi connectivity index (χ4v) is 4.83. The first-order chi connectivity index (χ1) is 15.5. The van der Waals surface area contributed by atoms with Crippen molar-refractivity contribution in [3.8, 4) is 5.75 Å². The van der Waals surface area contributed by atoms with E-state index in [0.717, 1.165) is 16.6 Å². The molecule has 0 fully saturated rings. The number of para-hydroxylation sites is 1. The van der Waals surface area contributed by atoms with Gasteiger partial charge in [-0.1, -0.05) is 41.6 Å². The normalized spacial score (nSPS) is 11.7. The number of nitrogens with one attached hydrogen (secondary N) is 1. The molecule has 2 heterocycles. The maximum absolute atomic E-state index is 13.3. The number of ether oxygens (including phenoxy) is 1. The number of fused-ring (bicyclic) bond motifs is 3. The molecule has 0 bridgehead atoms. The quantitative estimate of drug-likeness (QED) is 0.433. The van der Waals surface area contributed by atoms with E-state index in [-0.39, 0.29) is 15.6 Å². The Hall–Kier alpha value is -3.98. The van der Waals surface area contributed by atoms with E-state index in [9.17, 15) is 8.42 Å². The molecule has 9 heteroatoms. The second-order valence-electron chi connectivity index (χ2n) is 7.25. The lowest BCUT2D eigenvalue weighted by Crippen LogP contribution is -2.06. The average molecular weight is 446 g/mol. The summed E-state index contributed by atoms with van der Waals surface area (Å²) < 4.78 is 33.5. The summed E-state index contributed by atoms with van der Waals surface area (Å²) in [5.74, 6) is 1.12. The molecule has 0 aliphatic heterocycles. The molecule has 0 amide bonds. The Morgan fingerprint density at radius 3 is 2.50 bits per heavy atom. The zero-order chi connectivity index (χ0) is 22.3. The highest BCUT2D eigenvalue weighted by Gasteiger charge is 2.27. The van der Waals surface area contributed by atoms with Crippen molar-refractivity contribution in [1.82, 2.24) is 19.8 Å². The molecule has 2 aromatic heterocycles. The van der Waals surface area contributed by atoms with Gasteiger partial charge in [-0.25, -0.2) is 13.4 Å². The van der Waals surface area contributed by atoms with Gasteiger partial charge in [0.15, 0.2) is 5.65 Å². The van der Waals surface area contributed by atoms with Crippen LogP contribution in [0.2, 0.25) is 0 Å². The second-order valence-corrected chi connectivity index (χ2v) is 9.12. The van der Waals surface area contributed by atoms with Crippen LogP contribution in [-0.2, 0) is 9.84 Å². The van der Waals surface area contributed by atoms with Gasteiger partial charge in [0.1, 0.15) is 11.6 Å². The van der Waals surface area contributed by atoms with Gasteiger partial charge >= 0.3 is 0 Å². The van der Waals surface area contributed by atoms with E-state index in [1.54, 1.807) is 25.3 Å². The van der Waals surface area contributed by atoms with Crippen LogP contribution in [0.3, 0.4) is 0 Å². The zero-order valence-electron chi connectivity index (χ0n) is 17.4. The monoisotopic (exact) mass is 445 g/mol. The minimum atomic E-state index is -3.91. The van der Waals surface area contributed by atoms with Crippen molar-refractivity contribution in [1.29, 1.82) is 0 Å². The molecular weight excluding hydrogens is 426 g/mol. The fraction of sp³-hybridized carbons (Fsp3) is 0.0870. The van der Waals surface area contributed by atoms with Crippen LogP contribution in [0, 0.1) is 6.92 Å². The summed E-state index contributed by atoms with van der Waals surface area (Å²) in [6, 6.07) is 21.4. The third kappa shape index (κ3) is 3.23. The van der Waals surface area contributed by atoms with Gasteiger partial charge < -0.3 is 10.1 Å². The molecule has 3 aromatic carbocycles. The van der Waals surface area contributed by atoms with Crippen molar-refractivity contribution in [3.05, 3.63) is 78.4 Å². The van der Waals surface area contributed by atoms with E-state index >= 15 is 0 Å². The minimum absolute atomic E-state index is 0.132. The lowest BCUT2D eigenvalue weighted by Gasteiger charge is -2.14. The van der Waals surface area contributed by atoms with Crippen LogP contribution in [0.5, 0.6) is 5.75 Å². The number of aryl methyl sites for hydroxylation is 1. The SMILES string of the molecule is COc1ccc(C)cc1Nc1nc2c(S(=O)(=O)c3ccccc3)nnn2c2ccccc12. The predicted molar refractivity (Wildman–Crippen MR) is 121 cm³/mol. The minimum Gasteiger partial charge on any atom is -0.495 e. The van der Waals surface area contributed by atoms with Gasteiger partial charge in [-0.15, -0.1) is 5.10 Å². The molecule has 0 radical (unpaired) electrons. The maximum atomic E-state index is 13.3. The molecule has 32 heavy (non-hydrogen) atoms. The number of rotatable bonds is 5. The molecule has 0 saturated heterocycles. The average Bonchev–Trinajstić information content (AvgIpc) is 3.25. The maximum Gasteiger partial charge on any atom is 0.229 e. The number of benzene rings is 3. The number of hydrogen-bond donors (Lipinski definition) is 1. The molecule has 5 aromatic rings. The second kappa shape index (κ2) is 7.61. The van der Waals surface area contributed by atoms with Crippen molar-refractivity contribution in [2.45, 2.75) is 16.8 Å². The van der Waals surface area contributed by atoms with Crippen LogP contribution in [0.15, 0.2) is 82.7 Å². The summed E-state index contributed by atoms with van der Waals surface area (Å²) in [6.45, 7) is 1.98. The topological polar surface area (TPSA) is 98.5 Å². The van der Waals surface area contributed by atoms with Gasteiger partial charge in [0.25, 0.3) is 0 Å². The molecule has 0 atom stereocenters. The summed E-state index contributed by atoms with van der Waals surface area (Å²) in [5.41, 5.74) is 2.57. The van der Waals surface area contributed by atoms with E-state index < -0.39 is 9.84 Å². The van der Waals surface area contributed by atoms with Crippen molar-refractivity contribution in [2.24, 2.45) is 0 Å². The van der Waals surface area contributed by atoms with Gasteiger partial charge in [-0.3, -0.25) is 0 Å². The number of nitrogens with zero attached hydrogens (tertiary/aromatic N) is 4. The Balaban J connectivity index is 1.76. The molecule has 0 unspecified atom stereocenters. The van der Waals surface area contributed by atoms with Gasteiger partial charge in [-0.2, -0.15) is 4.52 Å². The number of anilines is 2. The number of aromatic nitrogens is 4. The van der Waals surface area contributed by atoms with Crippen LogP contribution in [0.4, 0.5) is 11.5 Å². The predicted octanol–water partition coefficient (Wildman–Crippen LogP) is 4.17. The Labute approximate surface area is 184 Å². The molecule has 1 N–H and O–H groups in total. The Morgan fingerprint density at radius 1 is 0.969 bits per heavy atom. The summed E-state index contributed by atoms with van der Waals surface area (Å²) in [7, 11) is -2.32. The Bertz CT molecular complexity index is 1560. The first kappa shape index (κ1) is 20.0. The molecule has 5 rings (SSSR count). The van der Waals surface area contributed by atoms with Crippen molar-refractivity contribution < 1.29 is 13.2 Å². The van der Waals surface area contributed by atoms with Gasteiger partial charge in [0, 0.05) is 5.39 Å². The standard InChI is InChI=1S/C23H19N5O3S/c1-15-12-13-20(31-2)18(14-15)24-21-17-10-6-7-11-19(17)28-22(25-21)23(26-27-28)32(29,30)16-8-4-3-5-9-16/h3-14H,1-2H3,(H,24,25). The molecule has 8 nitrogen and oxygen atoms in total. The van der Waals surface area contributed by atoms with Crippen LogP contribution in [-0.4, -0.2) is 35.3 Å². The summed E-state index contributed by atoms with van der Waals surface area (Å²) in [6.07, 6.45) is 0. The highest BCUT2D eigenvalue weighted by Crippen LogP contribution is 2.33. The third-order valence-electron chi connectivity index (χ3n) is 5.14. The summed E-state index contributed by atoms with van der Waals surface area (Å²) >= 11 is 0. The smallest absolute Gasteiger partial charge is 0.229 e. The lowest BCUT2D eigenvalue weighted by atomic mass is 10.2. The van der Waals surface area contributed by atoms with Crippen molar-refractivity contribution >= 4 is 37.9 Å². The number of hydrogen-bond acceptors (Lipinski definition) is 7. The van der Waals surface area contributed by atoms with Crippen LogP contribution in [0.25, 0.3) is 16.6 Å². The molecule has 0 aliphatic rings. The fourth-order valence-electron chi connectivity index (χ4n) is 3.57. The summed E-state index contributed by atoms with van der Waals surface area (Å²) in [4.78, 5) is 4.78. The molecular formula is C23H19N5O3S. The first-order valence-corrected chi connectivity index (χ1v) is 11.3. The molecule has 0 saturated carbocycles. The third-order valence-corrected chi connectivity index (χ3v) is 6.80. The highest BCUT2D eigenvalue weighted by molar-refractivity contribution is 7.91. The number of methoxy groups -OCH3 is 1. The highest BCUT2D eigenvalue weighted by atomic mass is 32.2. The van der Waals surface area contributed by atoms with E-state index in [2.05, 4.69) is 20.6 Å². The van der Waals surface area contributed by atoms with Gasteiger partial charge in [0.05, 0.1) is 23.2 Å². The van der Waals surface area contributed by atoms with Crippen LogP contribution in [0.1, 0.15) is 5.56 Å². The molecule has 0 spiro atoms. The molecule has 0 aliphatic carbocycles. The zero-order valence-corrected chi connectivity index (χ0v) is 18.2. The van der Waals surface area contributed by atoms with E-state index in [0.29, 0.717) is 17.1 Å². The van der Waals surface area contributed by atoms with Crippen molar-refractivity contribution in [2.75, 3.05) is 12.4 Å². The van der Waals surface area contributed by atoms with E-state index in [4.69, 9.17) is 4.74 Å².